The Hall–Kier alpha value is -1.46. The summed E-state index contributed by atoms with van der Waals surface area (Å²) in [5, 5.41) is 3.24. The van der Waals surface area contributed by atoms with Gasteiger partial charge in [0.05, 0.1) is 6.54 Å². The molecule has 0 fully saturated rings. The number of nitrogens with one attached hydrogen (secondary N) is 1. The van der Waals surface area contributed by atoms with Gasteiger partial charge in [0.15, 0.2) is 0 Å². The summed E-state index contributed by atoms with van der Waals surface area (Å²) < 4.78 is 4.82. The lowest BCUT2D eigenvalue weighted by Crippen LogP contribution is -2.00. The topological polar surface area (TPSA) is 21.3 Å². The van der Waals surface area contributed by atoms with E-state index >= 15 is 0 Å². The highest BCUT2D eigenvalue weighted by molar-refractivity contribution is 5.50. The summed E-state index contributed by atoms with van der Waals surface area (Å²) in [6.07, 6.45) is 0. The van der Waals surface area contributed by atoms with Crippen LogP contribution in [0.4, 0.5) is 5.69 Å². The van der Waals surface area contributed by atoms with Crippen LogP contribution in [0, 0.1) is 18.8 Å². The molecule has 0 amide bonds. The first-order chi connectivity index (χ1) is 6.84. The molecule has 1 rings (SSSR count). The molecule has 1 N–H and O–H groups in total. The Bertz CT molecular complexity index is 336. The maximum atomic E-state index is 4.82. The van der Waals surface area contributed by atoms with Crippen LogP contribution in [-0.4, -0.2) is 20.3 Å². The average Bonchev–Trinajstić information content (AvgIpc) is 2.20. The van der Waals surface area contributed by atoms with Crippen LogP contribution in [0.15, 0.2) is 24.3 Å². The minimum atomic E-state index is 0.495. The Labute approximate surface area is 85.3 Å². The predicted molar refractivity (Wildman–Crippen MR) is 59.3 cm³/mol. The molecule has 0 aliphatic rings. The Kier molecular flexibility index (Phi) is 4.60. The monoisotopic (exact) mass is 189 g/mol. The number of rotatable bonds is 3. The van der Waals surface area contributed by atoms with Crippen LogP contribution in [0.1, 0.15) is 5.56 Å². The fraction of sp³-hybridized carbons (Fsp3) is 0.333. The molecule has 2 nitrogen and oxygen atoms in total. The van der Waals surface area contributed by atoms with Gasteiger partial charge >= 0.3 is 0 Å². The zero-order chi connectivity index (χ0) is 10.2. The molecule has 0 aliphatic heterocycles. The molecular weight excluding hydrogens is 174 g/mol. The first-order valence-electron chi connectivity index (χ1n) is 4.58. The highest BCUT2D eigenvalue weighted by Gasteiger charge is 1.92. The smallest absolute Gasteiger partial charge is 0.107 e. The molecule has 2 heteroatoms. The SMILES string of the molecule is COCC#CCNc1ccccc1C. The third-order valence-electron chi connectivity index (χ3n) is 1.85. The van der Waals surface area contributed by atoms with E-state index in [9.17, 15) is 0 Å². The van der Waals surface area contributed by atoms with E-state index in [2.05, 4.69) is 30.1 Å². The number of hydrogen-bond acceptors (Lipinski definition) is 2. The van der Waals surface area contributed by atoms with E-state index in [0.29, 0.717) is 13.2 Å². The third kappa shape index (κ3) is 3.51. The number of ether oxygens (including phenoxy) is 1. The molecule has 14 heavy (non-hydrogen) atoms. The zero-order valence-corrected chi connectivity index (χ0v) is 8.63. The summed E-state index contributed by atoms with van der Waals surface area (Å²) in [6, 6.07) is 8.16. The van der Waals surface area contributed by atoms with Crippen LogP contribution < -0.4 is 5.32 Å². The summed E-state index contributed by atoms with van der Waals surface area (Å²) in [5.74, 6) is 5.87. The quantitative estimate of drug-likeness (QED) is 0.735. The summed E-state index contributed by atoms with van der Waals surface area (Å²) in [5.41, 5.74) is 2.38. The number of hydrogen-bond donors (Lipinski definition) is 1. The second kappa shape index (κ2) is 6.06. The van der Waals surface area contributed by atoms with Gasteiger partial charge in [0, 0.05) is 12.8 Å². The second-order valence-corrected chi connectivity index (χ2v) is 2.96. The van der Waals surface area contributed by atoms with E-state index in [1.165, 1.54) is 5.56 Å². The summed E-state index contributed by atoms with van der Waals surface area (Å²) in [6.45, 7) is 3.23. The van der Waals surface area contributed by atoms with Crippen molar-refractivity contribution in [2.45, 2.75) is 6.92 Å². The molecule has 0 saturated carbocycles. The molecule has 0 spiro atoms. The molecule has 0 unspecified atom stereocenters. The van der Waals surface area contributed by atoms with Crippen molar-refractivity contribution in [3.63, 3.8) is 0 Å². The molecule has 1 aromatic carbocycles. The second-order valence-electron chi connectivity index (χ2n) is 2.96. The molecule has 0 heterocycles. The first-order valence-corrected chi connectivity index (χ1v) is 4.58. The minimum Gasteiger partial charge on any atom is -0.374 e. The van der Waals surface area contributed by atoms with Gasteiger partial charge in [-0.2, -0.15) is 0 Å². The molecule has 74 valence electrons. The van der Waals surface area contributed by atoms with Gasteiger partial charge in [-0.25, -0.2) is 0 Å². The summed E-state index contributed by atoms with van der Waals surface area (Å²) >= 11 is 0. The fourth-order valence-electron chi connectivity index (χ4n) is 1.10. The van der Waals surface area contributed by atoms with E-state index in [-0.39, 0.29) is 0 Å². The van der Waals surface area contributed by atoms with Gasteiger partial charge in [-0.3, -0.25) is 0 Å². The lowest BCUT2D eigenvalue weighted by Gasteiger charge is -2.04. The maximum Gasteiger partial charge on any atom is 0.107 e. The van der Waals surface area contributed by atoms with Crippen molar-refractivity contribution in [3.05, 3.63) is 29.8 Å². The average molecular weight is 189 g/mol. The van der Waals surface area contributed by atoms with Crippen molar-refractivity contribution >= 4 is 5.69 Å². The third-order valence-corrected chi connectivity index (χ3v) is 1.85. The first kappa shape index (κ1) is 10.6. The van der Waals surface area contributed by atoms with Crippen LogP contribution in [0.3, 0.4) is 0 Å². The van der Waals surface area contributed by atoms with Crippen molar-refractivity contribution in [3.8, 4) is 11.8 Å². The van der Waals surface area contributed by atoms with Crippen molar-refractivity contribution in [1.29, 1.82) is 0 Å². The number of methoxy groups -OCH3 is 1. The Morgan fingerprint density at radius 3 is 2.79 bits per heavy atom. The van der Waals surface area contributed by atoms with Crippen molar-refractivity contribution in [2.24, 2.45) is 0 Å². The highest BCUT2D eigenvalue weighted by atomic mass is 16.5. The minimum absolute atomic E-state index is 0.495. The van der Waals surface area contributed by atoms with Gasteiger partial charge in [-0.1, -0.05) is 30.0 Å². The van der Waals surface area contributed by atoms with E-state index in [1.54, 1.807) is 7.11 Å². The molecule has 1 aromatic rings. The van der Waals surface area contributed by atoms with Crippen LogP contribution in [0.2, 0.25) is 0 Å². The standard InChI is InChI=1S/C12H15NO/c1-11-7-3-4-8-12(11)13-9-5-6-10-14-2/h3-4,7-8,13H,9-10H2,1-2H3. The van der Waals surface area contributed by atoms with Crippen molar-refractivity contribution in [2.75, 3.05) is 25.6 Å². The molecule has 0 saturated heterocycles. The van der Waals surface area contributed by atoms with Gasteiger partial charge in [0.1, 0.15) is 6.61 Å². The fourth-order valence-corrected chi connectivity index (χ4v) is 1.10. The molecule has 0 bridgehead atoms. The maximum absolute atomic E-state index is 4.82. The Balaban J connectivity index is 2.40. The number of para-hydroxylation sites is 1. The van der Waals surface area contributed by atoms with E-state index < -0.39 is 0 Å². The van der Waals surface area contributed by atoms with Crippen molar-refractivity contribution < 1.29 is 4.74 Å². The lowest BCUT2D eigenvalue weighted by atomic mass is 10.2. The Morgan fingerprint density at radius 2 is 2.07 bits per heavy atom. The molecule has 0 atom stereocenters. The molecule has 0 aromatic heterocycles. The van der Waals surface area contributed by atoms with Gasteiger partial charge in [-0.15, -0.1) is 0 Å². The van der Waals surface area contributed by atoms with Crippen LogP contribution in [-0.2, 0) is 4.74 Å². The molecule has 0 radical (unpaired) electrons. The number of benzene rings is 1. The molecular formula is C12H15NO. The van der Waals surface area contributed by atoms with Crippen LogP contribution in [0.5, 0.6) is 0 Å². The van der Waals surface area contributed by atoms with E-state index in [0.717, 1.165) is 5.69 Å². The normalized spacial score (nSPS) is 9.00. The van der Waals surface area contributed by atoms with Gasteiger partial charge in [0.25, 0.3) is 0 Å². The zero-order valence-electron chi connectivity index (χ0n) is 8.63. The van der Waals surface area contributed by atoms with E-state index in [4.69, 9.17) is 4.74 Å². The lowest BCUT2D eigenvalue weighted by molar-refractivity contribution is 0.239. The highest BCUT2D eigenvalue weighted by Crippen LogP contribution is 2.11. The summed E-state index contributed by atoms with van der Waals surface area (Å²) in [4.78, 5) is 0. The van der Waals surface area contributed by atoms with Gasteiger partial charge in [-0.05, 0) is 18.6 Å². The van der Waals surface area contributed by atoms with Gasteiger partial charge in [0.2, 0.25) is 0 Å². The summed E-state index contributed by atoms with van der Waals surface area (Å²) in [7, 11) is 1.64. The number of anilines is 1. The van der Waals surface area contributed by atoms with Crippen LogP contribution >= 0.6 is 0 Å². The van der Waals surface area contributed by atoms with Gasteiger partial charge < -0.3 is 10.1 Å². The number of aryl methyl sites for hydroxylation is 1. The largest absolute Gasteiger partial charge is 0.374 e. The van der Waals surface area contributed by atoms with E-state index in [1.807, 2.05) is 18.2 Å². The van der Waals surface area contributed by atoms with Crippen molar-refractivity contribution in [1.82, 2.24) is 0 Å². The van der Waals surface area contributed by atoms with Crippen LogP contribution in [0.25, 0.3) is 0 Å². The predicted octanol–water partition coefficient (Wildman–Crippen LogP) is 2.06. The Morgan fingerprint density at radius 1 is 1.29 bits per heavy atom. The molecule has 0 aliphatic carbocycles.